The van der Waals surface area contributed by atoms with E-state index in [0.717, 1.165) is 6.07 Å². The van der Waals surface area contributed by atoms with Gasteiger partial charge in [-0.2, -0.15) is 26.3 Å². The van der Waals surface area contributed by atoms with E-state index in [1.165, 1.54) is 0 Å². The van der Waals surface area contributed by atoms with Crippen LogP contribution in [0.15, 0.2) is 23.2 Å². The maximum atomic E-state index is 13.0. The Morgan fingerprint density at radius 2 is 1.55 bits per heavy atom. The summed E-state index contributed by atoms with van der Waals surface area (Å²) in [4.78, 5) is 3.90. The Morgan fingerprint density at radius 3 is 1.91 bits per heavy atom. The molecule has 0 radical (unpaired) electrons. The van der Waals surface area contributed by atoms with Gasteiger partial charge in [-0.3, -0.25) is 0 Å². The van der Waals surface area contributed by atoms with E-state index in [9.17, 15) is 26.3 Å². The van der Waals surface area contributed by atoms with Gasteiger partial charge in [0.25, 0.3) is 0 Å². The summed E-state index contributed by atoms with van der Waals surface area (Å²) in [5.74, 6) is -0.649. The lowest BCUT2D eigenvalue weighted by Crippen LogP contribution is -2.20. The molecule has 0 saturated carbocycles. The molecule has 0 fully saturated rings. The lowest BCUT2D eigenvalue weighted by atomic mass is 9.99. The normalized spacial score (nSPS) is 19.3. The van der Waals surface area contributed by atoms with Gasteiger partial charge >= 0.3 is 12.4 Å². The zero-order chi connectivity index (χ0) is 16.7. The molecule has 0 unspecified atom stereocenters. The van der Waals surface area contributed by atoms with Crippen molar-refractivity contribution in [2.75, 3.05) is 6.61 Å². The molecule has 0 spiro atoms. The van der Waals surface area contributed by atoms with E-state index in [4.69, 9.17) is 4.74 Å². The van der Waals surface area contributed by atoms with Crippen molar-refractivity contribution in [2.45, 2.75) is 32.2 Å². The molecule has 1 aromatic rings. The van der Waals surface area contributed by atoms with Crippen molar-refractivity contribution < 1.29 is 31.1 Å². The molecule has 2 rings (SSSR count). The molecule has 0 aliphatic carbocycles. The first-order valence-corrected chi connectivity index (χ1v) is 6.50. The minimum absolute atomic E-state index is 0.0313. The number of ether oxygens (including phenoxy) is 1. The Hall–Kier alpha value is -1.73. The second-order valence-corrected chi connectivity index (χ2v) is 5.28. The largest absolute Gasteiger partial charge is 0.475 e. The molecule has 0 saturated heterocycles. The van der Waals surface area contributed by atoms with Crippen molar-refractivity contribution in [3.63, 3.8) is 0 Å². The predicted octanol–water partition coefficient (Wildman–Crippen LogP) is 4.53. The maximum absolute atomic E-state index is 13.0. The van der Waals surface area contributed by atoms with Crippen LogP contribution < -0.4 is 0 Å². The number of hydrogen-bond donors (Lipinski definition) is 0. The van der Waals surface area contributed by atoms with Crippen LogP contribution in [-0.2, 0) is 17.1 Å². The van der Waals surface area contributed by atoms with Crippen molar-refractivity contribution in [2.24, 2.45) is 10.9 Å². The van der Waals surface area contributed by atoms with Gasteiger partial charge < -0.3 is 4.74 Å². The lowest BCUT2D eigenvalue weighted by Gasteiger charge is -2.18. The predicted molar refractivity (Wildman–Crippen MR) is 67.6 cm³/mol. The van der Waals surface area contributed by atoms with Crippen molar-refractivity contribution in [3.8, 4) is 0 Å². The monoisotopic (exact) mass is 325 g/mol. The Kier molecular flexibility index (Phi) is 4.14. The van der Waals surface area contributed by atoms with Gasteiger partial charge in [0.15, 0.2) is 0 Å². The van der Waals surface area contributed by atoms with Gasteiger partial charge in [-0.1, -0.05) is 19.9 Å². The third kappa shape index (κ3) is 3.20. The van der Waals surface area contributed by atoms with Crippen molar-refractivity contribution in [3.05, 3.63) is 34.9 Å². The average molecular weight is 325 g/mol. The number of benzene rings is 1. The van der Waals surface area contributed by atoms with Crippen LogP contribution in [0.5, 0.6) is 0 Å². The van der Waals surface area contributed by atoms with Gasteiger partial charge in [0.1, 0.15) is 6.61 Å². The molecule has 0 amide bonds. The van der Waals surface area contributed by atoms with Crippen LogP contribution in [0.25, 0.3) is 0 Å². The molecule has 0 aromatic heterocycles. The summed E-state index contributed by atoms with van der Waals surface area (Å²) in [5.41, 5.74) is -3.83. The highest BCUT2D eigenvalue weighted by Gasteiger charge is 2.43. The third-order valence-corrected chi connectivity index (χ3v) is 3.33. The molecule has 22 heavy (non-hydrogen) atoms. The van der Waals surface area contributed by atoms with Gasteiger partial charge in [-0.05, 0) is 18.1 Å². The summed E-state index contributed by atoms with van der Waals surface area (Å²) in [6.07, 6.45) is -9.86. The number of rotatable bonds is 2. The number of halogens is 6. The van der Waals surface area contributed by atoms with Gasteiger partial charge in [-0.15, -0.1) is 0 Å². The molecule has 0 bridgehead atoms. The first kappa shape index (κ1) is 16.6. The van der Waals surface area contributed by atoms with Crippen LogP contribution in [0.4, 0.5) is 26.3 Å². The van der Waals surface area contributed by atoms with Crippen LogP contribution >= 0.6 is 0 Å². The molecule has 0 N–H and O–H groups in total. The second-order valence-electron chi connectivity index (χ2n) is 5.28. The number of aliphatic imine (C=N–C) groups is 1. The molecule has 122 valence electrons. The summed E-state index contributed by atoms with van der Waals surface area (Å²) >= 11 is 0. The van der Waals surface area contributed by atoms with Crippen molar-refractivity contribution in [1.82, 2.24) is 0 Å². The molecule has 1 aliphatic rings. The molecule has 8 heteroatoms. The Balaban J connectivity index is 2.65. The van der Waals surface area contributed by atoms with Crippen molar-refractivity contribution in [1.29, 1.82) is 0 Å². The van der Waals surface area contributed by atoms with Crippen LogP contribution in [-0.4, -0.2) is 18.5 Å². The highest BCUT2D eigenvalue weighted by molar-refractivity contribution is 5.98. The molecular formula is C14H13F6NO. The highest BCUT2D eigenvalue weighted by Crippen LogP contribution is 2.40. The Bertz CT molecular complexity index is 556. The Labute approximate surface area is 122 Å². The fraction of sp³-hybridized carbons (Fsp3) is 0.500. The summed E-state index contributed by atoms with van der Waals surface area (Å²) < 4.78 is 83.3. The van der Waals surface area contributed by atoms with Crippen molar-refractivity contribution >= 4 is 5.90 Å². The maximum Gasteiger partial charge on any atom is 0.417 e. The van der Waals surface area contributed by atoms with Gasteiger partial charge in [-0.25, -0.2) is 4.99 Å². The zero-order valence-corrected chi connectivity index (χ0v) is 11.7. The van der Waals surface area contributed by atoms with E-state index in [2.05, 4.69) is 4.99 Å². The van der Waals surface area contributed by atoms with E-state index >= 15 is 0 Å². The fourth-order valence-electron chi connectivity index (χ4n) is 2.12. The number of alkyl halides is 6. The highest BCUT2D eigenvalue weighted by atomic mass is 19.4. The van der Waals surface area contributed by atoms with E-state index in [1.54, 1.807) is 13.8 Å². The van der Waals surface area contributed by atoms with E-state index in [0.29, 0.717) is 12.1 Å². The third-order valence-electron chi connectivity index (χ3n) is 3.33. The van der Waals surface area contributed by atoms with E-state index in [-0.39, 0.29) is 12.5 Å². The van der Waals surface area contributed by atoms with E-state index < -0.39 is 41.0 Å². The molecule has 2 nitrogen and oxygen atoms in total. The minimum atomic E-state index is -4.93. The van der Waals surface area contributed by atoms with Crippen LogP contribution in [0, 0.1) is 5.92 Å². The van der Waals surface area contributed by atoms with Crippen LogP contribution in [0.1, 0.15) is 30.5 Å². The topological polar surface area (TPSA) is 21.6 Å². The fourth-order valence-corrected chi connectivity index (χ4v) is 2.12. The standard InChI is InChI=1S/C14H13F6NO/c1-7(2)10-6-22-12(21-10)11-8(13(15,16)17)4-3-5-9(11)14(18,19)20/h3-5,7,10H,6H2,1-2H3/t10-/m1/s1. The second kappa shape index (κ2) is 5.48. The first-order chi connectivity index (χ1) is 10.0. The smallest absolute Gasteiger partial charge is 0.417 e. The van der Waals surface area contributed by atoms with Crippen LogP contribution in [0.3, 0.4) is 0 Å². The zero-order valence-electron chi connectivity index (χ0n) is 11.7. The quantitative estimate of drug-likeness (QED) is 0.732. The molecule has 1 atom stereocenters. The average Bonchev–Trinajstić information content (AvgIpc) is 2.85. The Morgan fingerprint density at radius 1 is 1.05 bits per heavy atom. The van der Waals surface area contributed by atoms with Gasteiger partial charge in [0.05, 0.1) is 22.7 Å². The molecular weight excluding hydrogens is 312 g/mol. The molecule has 1 aliphatic heterocycles. The first-order valence-electron chi connectivity index (χ1n) is 6.50. The lowest BCUT2D eigenvalue weighted by molar-refractivity contribution is -0.143. The van der Waals surface area contributed by atoms with Gasteiger partial charge in [0, 0.05) is 0 Å². The molecule has 1 aromatic carbocycles. The number of hydrogen-bond acceptors (Lipinski definition) is 2. The number of nitrogens with zero attached hydrogens (tertiary/aromatic N) is 1. The summed E-state index contributed by atoms with van der Waals surface area (Å²) in [5, 5.41) is 0. The minimum Gasteiger partial charge on any atom is -0.475 e. The summed E-state index contributed by atoms with van der Waals surface area (Å²) in [7, 11) is 0. The van der Waals surface area contributed by atoms with Gasteiger partial charge in [0.2, 0.25) is 5.90 Å². The molecule has 1 heterocycles. The van der Waals surface area contributed by atoms with E-state index in [1.807, 2.05) is 0 Å². The summed E-state index contributed by atoms with van der Waals surface area (Å²) in [6, 6.07) is 1.46. The summed E-state index contributed by atoms with van der Waals surface area (Å²) in [6.45, 7) is 3.50. The van der Waals surface area contributed by atoms with Crippen LogP contribution in [0.2, 0.25) is 0 Å². The SMILES string of the molecule is CC(C)[C@H]1COC(c2c(C(F)(F)F)cccc2C(F)(F)F)=N1.